The van der Waals surface area contributed by atoms with Gasteiger partial charge in [0.1, 0.15) is 12.7 Å². The molecule has 3 atom stereocenters. The van der Waals surface area contributed by atoms with Gasteiger partial charge in [0.05, 0.1) is 19.8 Å². The first-order valence-corrected chi connectivity index (χ1v) is 24.3. The topological polar surface area (TPSA) is 212 Å². The Balaban J connectivity index is 4.63. The molecule has 0 aromatic carbocycles. The van der Waals surface area contributed by atoms with E-state index in [4.69, 9.17) is 23.8 Å². The monoisotopic (exact) mass is 864 g/mol. The first kappa shape index (κ1) is 55.8. The average Bonchev–Trinajstić information content (AvgIpc) is 3.17. The lowest BCUT2D eigenvalue weighted by Crippen LogP contribution is -2.30. The Morgan fingerprint density at radius 3 is 1.67 bits per heavy atom. The summed E-state index contributed by atoms with van der Waals surface area (Å²) >= 11 is 0. The van der Waals surface area contributed by atoms with Gasteiger partial charge in [-0.15, -0.1) is 0 Å². The van der Waals surface area contributed by atoms with Crippen LogP contribution in [0, 0.1) is 0 Å². The highest BCUT2D eigenvalue weighted by atomic mass is 31.2. The zero-order chi connectivity index (χ0) is 43.2. The fourth-order valence-electron chi connectivity index (χ4n) is 5.36. The fourth-order valence-corrected chi connectivity index (χ4v) is 6.51. The first-order valence-electron chi connectivity index (χ1n) is 21.3. The minimum atomic E-state index is -4.87. The van der Waals surface area contributed by atoms with Crippen molar-refractivity contribution >= 4 is 33.4 Å². The Morgan fingerprint density at radius 2 is 1.05 bits per heavy atom. The molecule has 0 rings (SSSR count). The minimum Gasteiger partial charge on any atom is -0.462 e. The number of ketones is 1. The number of unbranched alkanes of at least 4 members (excludes halogenated alkanes) is 15. The lowest BCUT2D eigenvalue weighted by atomic mass is 10.1. The van der Waals surface area contributed by atoms with E-state index >= 15 is 0 Å². The number of phosphoric ester groups is 2. The molecule has 16 heteroatoms. The second kappa shape index (κ2) is 37.7. The summed E-state index contributed by atoms with van der Waals surface area (Å²) in [5.74, 6) is -0.967. The normalized spacial score (nSPS) is 14.4. The van der Waals surface area contributed by atoms with E-state index in [-0.39, 0.29) is 18.6 Å². The number of hydrogen-bond acceptors (Lipinski definition) is 11. The lowest BCUT2D eigenvalue weighted by molar-refractivity contribution is -0.161. The number of carbonyl (C=O) groups excluding carboxylic acids is 3. The second-order valence-corrected chi connectivity index (χ2v) is 17.0. The number of aliphatic hydroxyl groups excluding tert-OH is 1. The van der Waals surface area contributed by atoms with Gasteiger partial charge in [0, 0.05) is 19.3 Å². The Labute approximate surface area is 347 Å². The van der Waals surface area contributed by atoms with Gasteiger partial charge in [-0.1, -0.05) is 121 Å². The standard InChI is InChI=1S/C42H74O14P2/c1-3-5-7-8-9-10-11-12-13-14-15-18-21-24-28-32-41(45)52-36-40(37-55-58(50,51)54-35-39(44)34-53-57(47,48)49)56-42(46)33-29-25-22-19-16-17-20-23-27-31-38(43)30-26-6-4-2/h9-10,12-13,20,23,27,31,39-40,44H,3-8,11,14-19,21-22,24-26,28-30,32-37H2,1-2H3,(H,50,51)(H2,47,48,49)/b10-9-,13-12-,23-20-,31-27+/t39-,40+/m0/s1. The van der Waals surface area contributed by atoms with Crippen LogP contribution in [0.25, 0.3) is 0 Å². The van der Waals surface area contributed by atoms with Gasteiger partial charge in [-0.2, -0.15) is 0 Å². The van der Waals surface area contributed by atoms with Gasteiger partial charge in [0.15, 0.2) is 11.9 Å². The molecule has 0 aliphatic carbocycles. The van der Waals surface area contributed by atoms with Gasteiger partial charge in [-0.3, -0.25) is 28.0 Å². The smallest absolute Gasteiger partial charge is 0.462 e. The minimum absolute atomic E-state index is 0.0758. The van der Waals surface area contributed by atoms with Crippen molar-refractivity contribution in [2.24, 2.45) is 0 Å². The summed E-state index contributed by atoms with van der Waals surface area (Å²) in [5, 5.41) is 9.73. The third kappa shape index (κ3) is 40.5. The van der Waals surface area contributed by atoms with Crippen LogP contribution in [0.4, 0.5) is 0 Å². The van der Waals surface area contributed by atoms with Crippen LogP contribution in [-0.2, 0) is 46.6 Å². The largest absolute Gasteiger partial charge is 0.472 e. The van der Waals surface area contributed by atoms with Gasteiger partial charge in [0.2, 0.25) is 0 Å². The fraction of sp³-hybridized carbons (Fsp3) is 0.738. The molecular weight excluding hydrogens is 790 g/mol. The van der Waals surface area contributed by atoms with Gasteiger partial charge < -0.3 is 29.3 Å². The van der Waals surface area contributed by atoms with Gasteiger partial charge in [-0.05, 0) is 70.3 Å². The van der Waals surface area contributed by atoms with Crippen molar-refractivity contribution in [3.63, 3.8) is 0 Å². The van der Waals surface area contributed by atoms with Crippen LogP contribution in [0.5, 0.6) is 0 Å². The molecule has 0 aliphatic rings. The molecular formula is C42H74O14P2. The molecule has 58 heavy (non-hydrogen) atoms. The third-order valence-electron chi connectivity index (χ3n) is 8.66. The molecule has 0 spiro atoms. The summed E-state index contributed by atoms with van der Waals surface area (Å²) in [6, 6.07) is 0. The molecule has 0 heterocycles. The van der Waals surface area contributed by atoms with E-state index in [1.807, 2.05) is 12.2 Å². The first-order chi connectivity index (χ1) is 27.8. The maximum Gasteiger partial charge on any atom is 0.472 e. The highest BCUT2D eigenvalue weighted by Gasteiger charge is 2.28. The van der Waals surface area contributed by atoms with E-state index in [2.05, 4.69) is 47.2 Å². The molecule has 0 fully saturated rings. The number of carbonyl (C=O) groups is 3. The zero-order valence-corrected chi connectivity index (χ0v) is 36.9. The highest BCUT2D eigenvalue weighted by molar-refractivity contribution is 7.47. The number of rotatable bonds is 40. The molecule has 336 valence electrons. The summed E-state index contributed by atoms with van der Waals surface area (Å²) in [5.41, 5.74) is 0. The maximum absolute atomic E-state index is 12.6. The molecule has 0 saturated heterocycles. The molecule has 0 aromatic rings. The number of esters is 2. The van der Waals surface area contributed by atoms with Crippen molar-refractivity contribution in [2.75, 3.05) is 26.4 Å². The van der Waals surface area contributed by atoms with E-state index in [1.165, 1.54) is 19.3 Å². The third-order valence-corrected chi connectivity index (χ3v) is 10.1. The average molecular weight is 865 g/mol. The van der Waals surface area contributed by atoms with E-state index < -0.39 is 66.2 Å². The van der Waals surface area contributed by atoms with Crippen LogP contribution in [0.1, 0.15) is 162 Å². The molecule has 0 aromatic heterocycles. The predicted octanol–water partition coefficient (Wildman–Crippen LogP) is 9.85. The van der Waals surface area contributed by atoms with E-state index in [9.17, 15) is 33.5 Å². The SMILES string of the molecule is CCCCC/C=C\C/C=C\CCCCCCCC(=O)OC[C@H](COP(=O)(O)OC[C@@H](O)COP(=O)(O)O)OC(=O)CCCCCCC/C=C\C=C\C(=O)CCCCC. The summed E-state index contributed by atoms with van der Waals surface area (Å²) in [7, 11) is -9.70. The van der Waals surface area contributed by atoms with Crippen molar-refractivity contribution < 1.29 is 66.3 Å². The van der Waals surface area contributed by atoms with Crippen LogP contribution < -0.4 is 0 Å². The van der Waals surface area contributed by atoms with E-state index in [0.717, 1.165) is 96.3 Å². The molecule has 1 unspecified atom stereocenters. The molecule has 14 nitrogen and oxygen atoms in total. The van der Waals surface area contributed by atoms with Crippen LogP contribution in [0.15, 0.2) is 48.6 Å². The quantitative estimate of drug-likeness (QED) is 0.0113. The molecule has 0 amide bonds. The predicted molar refractivity (Wildman–Crippen MR) is 226 cm³/mol. The lowest BCUT2D eigenvalue weighted by Gasteiger charge is -2.20. The number of ether oxygens (including phenoxy) is 2. The zero-order valence-electron chi connectivity index (χ0n) is 35.1. The summed E-state index contributed by atoms with van der Waals surface area (Å²) in [4.78, 5) is 64.4. The van der Waals surface area contributed by atoms with Crippen molar-refractivity contribution in [1.82, 2.24) is 0 Å². The Hall–Kier alpha value is -2.25. The van der Waals surface area contributed by atoms with Crippen molar-refractivity contribution in [2.45, 2.75) is 174 Å². The summed E-state index contributed by atoms with van der Waals surface area (Å²) < 4.78 is 47.6. The van der Waals surface area contributed by atoms with Crippen LogP contribution in [-0.4, -0.2) is 76.1 Å². The Kier molecular flexibility index (Phi) is 36.3. The summed E-state index contributed by atoms with van der Waals surface area (Å²) in [6.45, 7) is 1.50. The number of phosphoric acid groups is 2. The summed E-state index contributed by atoms with van der Waals surface area (Å²) in [6.07, 6.45) is 33.7. The molecule has 0 saturated carbocycles. The van der Waals surface area contributed by atoms with Gasteiger partial charge in [0.25, 0.3) is 0 Å². The Bertz CT molecular complexity index is 1280. The van der Waals surface area contributed by atoms with E-state index in [1.54, 1.807) is 12.2 Å². The number of hydrogen-bond donors (Lipinski definition) is 4. The van der Waals surface area contributed by atoms with Crippen LogP contribution >= 0.6 is 15.6 Å². The van der Waals surface area contributed by atoms with Crippen molar-refractivity contribution in [3.05, 3.63) is 48.6 Å². The van der Waals surface area contributed by atoms with Gasteiger partial charge in [-0.25, -0.2) is 9.13 Å². The van der Waals surface area contributed by atoms with E-state index in [0.29, 0.717) is 19.3 Å². The highest BCUT2D eigenvalue weighted by Crippen LogP contribution is 2.43. The molecule has 4 N–H and O–H groups in total. The van der Waals surface area contributed by atoms with Crippen molar-refractivity contribution in [3.8, 4) is 0 Å². The molecule has 0 radical (unpaired) electrons. The molecule has 0 aliphatic heterocycles. The van der Waals surface area contributed by atoms with Crippen molar-refractivity contribution in [1.29, 1.82) is 0 Å². The van der Waals surface area contributed by atoms with Crippen LogP contribution in [0.3, 0.4) is 0 Å². The van der Waals surface area contributed by atoms with Crippen LogP contribution in [0.2, 0.25) is 0 Å². The second-order valence-electron chi connectivity index (χ2n) is 14.3. The maximum atomic E-state index is 12.6. The Morgan fingerprint density at radius 1 is 0.552 bits per heavy atom. The number of allylic oxidation sites excluding steroid dienone is 8. The molecule has 0 bridgehead atoms. The van der Waals surface area contributed by atoms with Gasteiger partial charge >= 0.3 is 27.6 Å². The number of aliphatic hydroxyl groups is 1.